The van der Waals surface area contributed by atoms with Gasteiger partial charge in [0, 0.05) is 6.07 Å². The molecule has 0 fully saturated rings. The molecule has 0 aliphatic heterocycles. The van der Waals surface area contributed by atoms with E-state index in [1.807, 2.05) is 30.3 Å². The molecule has 0 bridgehead atoms. The lowest BCUT2D eigenvalue weighted by Gasteiger charge is -2.11. The molecule has 1 aromatic carbocycles. The van der Waals surface area contributed by atoms with Gasteiger partial charge in [-0.05, 0) is 18.1 Å². The summed E-state index contributed by atoms with van der Waals surface area (Å²) in [7, 11) is 1.52. The first-order valence-electron chi connectivity index (χ1n) is 5.68. The molecule has 0 N–H and O–H groups in total. The van der Waals surface area contributed by atoms with Gasteiger partial charge in [-0.15, -0.1) is 16.8 Å². The van der Waals surface area contributed by atoms with Gasteiger partial charge >= 0.3 is 0 Å². The average molecular weight is 277 g/mol. The SMILES string of the molecule is C=CCc1ccccc1Oc1nnc(Cl)cc1OC. The van der Waals surface area contributed by atoms with Crippen molar-refractivity contribution in [3.63, 3.8) is 0 Å². The van der Waals surface area contributed by atoms with Crippen LogP contribution < -0.4 is 9.47 Å². The van der Waals surface area contributed by atoms with E-state index in [1.165, 1.54) is 7.11 Å². The maximum atomic E-state index is 5.76. The second-order valence-corrected chi connectivity index (χ2v) is 4.13. The van der Waals surface area contributed by atoms with Crippen molar-refractivity contribution in [1.82, 2.24) is 10.2 Å². The fraction of sp³-hybridized carbons (Fsp3) is 0.143. The summed E-state index contributed by atoms with van der Waals surface area (Å²) in [5, 5.41) is 7.89. The minimum atomic E-state index is 0.253. The van der Waals surface area contributed by atoms with E-state index in [1.54, 1.807) is 6.07 Å². The number of methoxy groups -OCH3 is 1. The van der Waals surface area contributed by atoms with E-state index in [2.05, 4.69) is 16.8 Å². The molecule has 0 saturated carbocycles. The summed E-state index contributed by atoms with van der Waals surface area (Å²) in [6.45, 7) is 3.72. The number of ether oxygens (including phenoxy) is 2. The zero-order valence-corrected chi connectivity index (χ0v) is 11.2. The van der Waals surface area contributed by atoms with Crippen LogP contribution in [-0.4, -0.2) is 17.3 Å². The first-order valence-corrected chi connectivity index (χ1v) is 6.06. The summed E-state index contributed by atoms with van der Waals surface area (Å²) < 4.78 is 10.9. The average Bonchev–Trinajstić information content (AvgIpc) is 2.43. The van der Waals surface area contributed by atoms with Crippen molar-refractivity contribution < 1.29 is 9.47 Å². The van der Waals surface area contributed by atoms with Crippen LogP contribution in [0, 0.1) is 0 Å². The van der Waals surface area contributed by atoms with Crippen molar-refractivity contribution in [3.05, 3.63) is 53.7 Å². The number of hydrogen-bond donors (Lipinski definition) is 0. The van der Waals surface area contributed by atoms with E-state index >= 15 is 0 Å². The summed E-state index contributed by atoms with van der Waals surface area (Å²) in [6.07, 6.45) is 2.52. The number of hydrogen-bond acceptors (Lipinski definition) is 4. The van der Waals surface area contributed by atoms with E-state index in [0.717, 1.165) is 5.56 Å². The number of nitrogens with zero attached hydrogens (tertiary/aromatic N) is 2. The maximum absolute atomic E-state index is 5.76. The molecule has 19 heavy (non-hydrogen) atoms. The molecule has 4 nitrogen and oxygen atoms in total. The topological polar surface area (TPSA) is 44.2 Å². The van der Waals surface area contributed by atoms with Crippen molar-refractivity contribution in [2.45, 2.75) is 6.42 Å². The van der Waals surface area contributed by atoms with Gasteiger partial charge in [-0.1, -0.05) is 35.9 Å². The maximum Gasteiger partial charge on any atom is 0.281 e. The molecule has 98 valence electrons. The number of allylic oxidation sites excluding steroid dienone is 1. The van der Waals surface area contributed by atoms with Crippen molar-refractivity contribution in [2.24, 2.45) is 0 Å². The van der Waals surface area contributed by atoms with E-state index < -0.39 is 0 Å². The molecular formula is C14H13ClN2O2. The molecule has 0 amide bonds. The van der Waals surface area contributed by atoms with E-state index in [4.69, 9.17) is 21.1 Å². The Bertz CT molecular complexity index is 587. The lowest BCUT2D eigenvalue weighted by atomic mass is 10.1. The normalized spacial score (nSPS) is 10.0. The number of benzene rings is 1. The highest BCUT2D eigenvalue weighted by molar-refractivity contribution is 6.29. The zero-order valence-electron chi connectivity index (χ0n) is 10.5. The minimum absolute atomic E-state index is 0.253. The highest BCUT2D eigenvalue weighted by atomic mass is 35.5. The molecule has 0 saturated heterocycles. The van der Waals surface area contributed by atoms with Crippen LogP contribution >= 0.6 is 11.6 Å². The second kappa shape index (κ2) is 6.20. The number of aromatic nitrogens is 2. The smallest absolute Gasteiger partial charge is 0.281 e. The summed E-state index contributed by atoms with van der Waals surface area (Å²) >= 11 is 5.76. The molecule has 1 heterocycles. The van der Waals surface area contributed by atoms with Gasteiger partial charge in [0.15, 0.2) is 10.9 Å². The van der Waals surface area contributed by atoms with Gasteiger partial charge in [-0.25, -0.2) is 0 Å². The Morgan fingerprint density at radius 2 is 2.05 bits per heavy atom. The van der Waals surface area contributed by atoms with Gasteiger partial charge in [0.25, 0.3) is 5.88 Å². The molecule has 0 aliphatic carbocycles. The molecule has 0 radical (unpaired) electrons. The van der Waals surface area contributed by atoms with Crippen LogP contribution in [0.2, 0.25) is 5.15 Å². The van der Waals surface area contributed by atoms with Crippen LogP contribution in [0.25, 0.3) is 0 Å². The Labute approximate surface area is 116 Å². The van der Waals surface area contributed by atoms with Crippen LogP contribution in [0.15, 0.2) is 43.0 Å². The van der Waals surface area contributed by atoms with Crippen LogP contribution in [-0.2, 0) is 6.42 Å². The quantitative estimate of drug-likeness (QED) is 0.782. The van der Waals surface area contributed by atoms with Crippen LogP contribution in [0.5, 0.6) is 17.4 Å². The molecule has 0 atom stereocenters. The number of para-hydroxylation sites is 1. The second-order valence-electron chi connectivity index (χ2n) is 3.74. The van der Waals surface area contributed by atoms with E-state index in [0.29, 0.717) is 17.9 Å². The van der Waals surface area contributed by atoms with Crippen molar-refractivity contribution in [2.75, 3.05) is 7.11 Å². The van der Waals surface area contributed by atoms with Crippen LogP contribution in [0.1, 0.15) is 5.56 Å². The summed E-state index contributed by atoms with van der Waals surface area (Å²) in [5.74, 6) is 1.41. The van der Waals surface area contributed by atoms with Gasteiger partial charge in [0.2, 0.25) is 0 Å². The van der Waals surface area contributed by atoms with Crippen molar-refractivity contribution in [1.29, 1.82) is 0 Å². The van der Waals surface area contributed by atoms with Crippen LogP contribution in [0.4, 0.5) is 0 Å². The fourth-order valence-corrected chi connectivity index (χ4v) is 1.73. The highest BCUT2D eigenvalue weighted by Crippen LogP contribution is 2.31. The highest BCUT2D eigenvalue weighted by Gasteiger charge is 2.11. The van der Waals surface area contributed by atoms with Gasteiger partial charge in [0.05, 0.1) is 7.11 Å². The first-order chi connectivity index (χ1) is 9.24. The van der Waals surface area contributed by atoms with Crippen molar-refractivity contribution >= 4 is 11.6 Å². The molecule has 5 heteroatoms. The van der Waals surface area contributed by atoms with Gasteiger partial charge in [-0.3, -0.25) is 0 Å². The predicted octanol–water partition coefficient (Wildman–Crippen LogP) is 3.66. The van der Waals surface area contributed by atoms with Gasteiger partial charge in [-0.2, -0.15) is 0 Å². The summed E-state index contributed by atoms with van der Waals surface area (Å²) in [5.41, 5.74) is 1.01. The zero-order chi connectivity index (χ0) is 13.7. The Morgan fingerprint density at radius 1 is 1.26 bits per heavy atom. The fourth-order valence-electron chi connectivity index (χ4n) is 1.59. The van der Waals surface area contributed by atoms with Crippen LogP contribution in [0.3, 0.4) is 0 Å². The lowest BCUT2D eigenvalue weighted by molar-refractivity contribution is 0.364. The standard InChI is InChI=1S/C14H13ClN2O2/c1-3-6-10-7-4-5-8-11(10)19-14-12(18-2)9-13(15)16-17-14/h3-5,7-9H,1,6H2,2H3. The molecule has 2 aromatic rings. The third-order valence-corrected chi connectivity index (χ3v) is 2.65. The van der Waals surface area contributed by atoms with E-state index in [-0.39, 0.29) is 11.0 Å². The lowest BCUT2D eigenvalue weighted by Crippen LogP contribution is -1.97. The van der Waals surface area contributed by atoms with E-state index in [9.17, 15) is 0 Å². The third-order valence-electron chi connectivity index (χ3n) is 2.46. The minimum Gasteiger partial charge on any atom is -0.491 e. The number of rotatable bonds is 5. The van der Waals surface area contributed by atoms with Gasteiger partial charge in [0.1, 0.15) is 5.75 Å². The predicted molar refractivity (Wildman–Crippen MR) is 74.0 cm³/mol. The Kier molecular flexibility index (Phi) is 4.36. The molecular weight excluding hydrogens is 264 g/mol. The molecule has 0 unspecified atom stereocenters. The number of halogens is 1. The molecule has 0 spiro atoms. The molecule has 1 aromatic heterocycles. The Hall–Kier alpha value is -2.07. The Balaban J connectivity index is 2.33. The van der Waals surface area contributed by atoms with Gasteiger partial charge < -0.3 is 9.47 Å². The molecule has 0 aliphatic rings. The van der Waals surface area contributed by atoms with Crippen molar-refractivity contribution in [3.8, 4) is 17.4 Å². The third kappa shape index (κ3) is 3.23. The largest absolute Gasteiger partial charge is 0.491 e. The first kappa shape index (κ1) is 13.4. The Morgan fingerprint density at radius 3 is 2.79 bits per heavy atom. The molecule has 2 rings (SSSR count). The monoisotopic (exact) mass is 276 g/mol. The summed E-state index contributed by atoms with van der Waals surface area (Å²) in [4.78, 5) is 0. The summed E-state index contributed by atoms with van der Waals surface area (Å²) in [6, 6.07) is 9.20.